The highest BCUT2D eigenvalue weighted by molar-refractivity contribution is 5.81. The molecular weight excluding hydrogens is 192 g/mol. The molecule has 0 saturated carbocycles. The molecule has 0 saturated heterocycles. The van der Waals surface area contributed by atoms with Gasteiger partial charge in [-0.05, 0) is 33.1 Å². The Bertz CT molecular complexity index is 181. The molecule has 90 valence electrons. The first-order valence-corrected chi connectivity index (χ1v) is 5.52. The first kappa shape index (κ1) is 14.4. The number of hydrogen-bond acceptors (Lipinski definition) is 3. The number of unbranched alkanes of at least 4 members (excludes halogenated alkanes) is 2. The summed E-state index contributed by atoms with van der Waals surface area (Å²) in [6.07, 6.45) is 3.12. The number of nitrogens with two attached hydrogens (primary N) is 1. The van der Waals surface area contributed by atoms with Crippen LogP contribution in [-0.2, 0) is 9.53 Å². The first-order valence-electron chi connectivity index (χ1n) is 5.52. The lowest BCUT2D eigenvalue weighted by molar-refractivity contribution is -0.128. The van der Waals surface area contributed by atoms with Gasteiger partial charge in [-0.2, -0.15) is 0 Å². The van der Waals surface area contributed by atoms with E-state index in [0.717, 1.165) is 32.4 Å². The molecule has 0 rings (SSSR count). The van der Waals surface area contributed by atoms with Crippen molar-refractivity contribution in [2.75, 3.05) is 26.8 Å². The maximum absolute atomic E-state index is 11.6. The molecule has 0 atom stereocenters. The first-order chi connectivity index (χ1) is 7.04. The van der Waals surface area contributed by atoms with E-state index in [1.807, 2.05) is 13.8 Å². The predicted octanol–water partition coefficient (Wildman–Crippen LogP) is 0.904. The summed E-state index contributed by atoms with van der Waals surface area (Å²) in [6, 6.07) is 0. The molecule has 4 heteroatoms. The van der Waals surface area contributed by atoms with Crippen molar-refractivity contribution >= 4 is 5.91 Å². The lowest BCUT2D eigenvalue weighted by Gasteiger charge is -2.21. The molecule has 15 heavy (non-hydrogen) atoms. The van der Waals surface area contributed by atoms with Crippen LogP contribution in [0, 0.1) is 5.41 Å². The second kappa shape index (κ2) is 7.65. The number of carbonyl (C=O) groups excluding carboxylic acids is 1. The lowest BCUT2D eigenvalue weighted by atomic mass is 9.93. The molecule has 0 aliphatic heterocycles. The van der Waals surface area contributed by atoms with Crippen molar-refractivity contribution in [1.29, 1.82) is 0 Å². The molecule has 0 aromatic heterocycles. The van der Waals surface area contributed by atoms with Crippen molar-refractivity contribution in [3.8, 4) is 0 Å². The molecule has 0 radical (unpaired) electrons. The van der Waals surface area contributed by atoms with Gasteiger partial charge in [-0.1, -0.05) is 0 Å². The van der Waals surface area contributed by atoms with Gasteiger partial charge in [0.05, 0.1) is 5.41 Å². The van der Waals surface area contributed by atoms with Gasteiger partial charge in [-0.3, -0.25) is 4.79 Å². The molecule has 0 aliphatic carbocycles. The minimum atomic E-state index is -0.452. The van der Waals surface area contributed by atoms with Crippen LogP contribution in [0.25, 0.3) is 0 Å². The topological polar surface area (TPSA) is 64.3 Å². The molecule has 3 N–H and O–H groups in total. The Morgan fingerprint density at radius 2 is 2.00 bits per heavy atom. The molecule has 0 heterocycles. The van der Waals surface area contributed by atoms with Gasteiger partial charge in [0, 0.05) is 26.8 Å². The van der Waals surface area contributed by atoms with E-state index in [4.69, 9.17) is 10.5 Å². The van der Waals surface area contributed by atoms with Gasteiger partial charge >= 0.3 is 0 Å². The van der Waals surface area contributed by atoms with Crippen LogP contribution in [-0.4, -0.2) is 32.7 Å². The van der Waals surface area contributed by atoms with Crippen LogP contribution in [0.3, 0.4) is 0 Å². The molecule has 0 bridgehead atoms. The van der Waals surface area contributed by atoms with E-state index in [-0.39, 0.29) is 5.91 Å². The van der Waals surface area contributed by atoms with Crippen molar-refractivity contribution in [2.45, 2.75) is 33.1 Å². The van der Waals surface area contributed by atoms with Crippen LogP contribution in [0.4, 0.5) is 0 Å². The van der Waals surface area contributed by atoms with Crippen LogP contribution < -0.4 is 11.1 Å². The molecule has 0 spiro atoms. The monoisotopic (exact) mass is 216 g/mol. The van der Waals surface area contributed by atoms with E-state index in [0.29, 0.717) is 6.54 Å². The van der Waals surface area contributed by atoms with Crippen molar-refractivity contribution in [2.24, 2.45) is 11.1 Å². The maximum Gasteiger partial charge on any atom is 0.226 e. The van der Waals surface area contributed by atoms with Crippen molar-refractivity contribution in [3.05, 3.63) is 0 Å². The fraction of sp³-hybridized carbons (Fsp3) is 0.909. The summed E-state index contributed by atoms with van der Waals surface area (Å²) in [6.45, 7) is 5.61. The summed E-state index contributed by atoms with van der Waals surface area (Å²) in [7, 11) is 1.70. The second-order valence-corrected chi connectivity index (χ2v) is 4.40. The zero-order valence-corrected chi connectivity index (χ0v) is 10.1. The van der Waals surface area contributed by atoms with Crippen LogP contribution in [0.2, 0.25) is 0 Å². The molecule has 1 amide bonds. The van der Waals surface area contributed by atoms with E-state index in [1.54, 1.807) is 7.11 Å². The van der Waals surface area contributed by atoms with Crippen LogP contribution in [0.15, 0.2) is 0 Å². The van der Waals surface area contributed by atoms with Crippen LogP contribution in [0.1, 0.15) is 33.1 Å². The predicted molar refractivity (Wildman–Crippen MR) is 61.6 cm³/mol. The van der Waals surface area contributed by atoms with E-state index >= 15 is 0 Å². The van der Waals surface area contributed by atoms with Gasteiger partial charge in [0.1, 0.15) is 0 Å². The van der Waals surface area contributed by atoms with Crippen molar-refractivity contribution < 1.29 is 9.53 Å². The van der Waals surface area contributed by atoms with Crippen LogP contribution in [0.5, 0.6) is 0 Å². The molecule has 0 aromatic rings. The molecule has 0 aromatic carbocycles. The largest absolute Gasteiger partial charge is 0.385 e. The third-order valence-electron chi connectivity index (χ3n) is 2.44. The van der Waals surface area contributed by atoms with Gasteiger partial charge in [0.15, 0.2) is 0 Å². The summed E-state index contributed by atoms with van der Waals surface area (Å²) < 4.78 is 4.94. The number of nitrogens with one attached hydrogen (secondary N) is 1. The average molecular weight is 216 g/mol. The number of rotatable bonds is 8. The summed E-state index contributed by atoms with van der Waals surface area (Å²) in [5.41, 5.74) is 5.05. The fourth-order valence-electron chi connectivity index (χ4n) is 1.08. The Morgan fingerprint density at radius 1 is 1.33 bits per heavy atom. The molecule has 0 aliphatic rings. The standard InChI is InChI=1S/C11H24N2O2/c1-11(2,9-12)10(14)13-7-5-4-6-8-15-3/h4-9,12H2,1-3H3,(H,13,14). The highest BCUT2D eigenvalue weighted by atomic mass is 16.5. The van der Waals surface area contributed by atoms with Gasteiger partial charge < -0.3 is 15.8 Å². The smallest absolute Gasteiger partial charge is 0.226 e. The zero-order chi connectivity index (χ0) is 11.7. The Morgan fingerprint density at radius 3 is 2.53 bits per heavy atom. The molecule has 0 unspecified atom stereocenters. The van der Waals surface area contributed by atoms with Gasteiger partial charge in [0.2, 0.25) is 5.91 Å². The number of methoxy groups -OCH3 is 1. The second-order valence-electron chi connectivity index (χ2n) is 4.40. The average Bonchev–Trinajstić information content (AvgIpc) is 2.22. The summed E-state index contributed by atoms with van der Waals surface area (Å²) >= 11 is 0. The number of hydrogen-bond donors (Lipinski definition) is 2. The molecule has 0 fully saturated rings. The number of ether oxygens (including phenoxy) is 1. The summed E-state index contributed by atoms with van der Waals surface area (Å²) in [5, 5.41) is 2.89. The van der Waals surface area contributed by atoms with Crippen molar-refractivity contribution in [3.63, 3.8) is 0 Å². The number of amides is 1. The Labute approximate surface area is 92.6 Å². The van der Waals surface area contributed by atoms with E-state index in [9.17, 15) is 4.79 Å². The highest BCUT2D eigenvalue weighted by Gasteiger charge is 2.24. The van der Waals surface area contributed by atoms with E-state index < -0.39 is 5.41 Å². The Balaban J connectivity index is 3.47. The highest BCUT2D eigenvalue weighted by Crippen LogP contribution is 2.11. The minimum absolute atomic E-state index is 0.0386. The quantitative estimate of drug-likeness (QED) is 0.593. The SMILES string of the molecule is COCCCCCNC(=O)C(C)(C)CN. The van der Waals surface area contributed by atoms with Crippen LogP contribution >= 0.6 is 0 Å². The molecular formula is C11H24N2O2. The number of carbonyl (C=O) groups is 1. The Hall–Kier alpha value is -0.610. The molecule has 4 nitrogen and oxygen atoms in total. The van der Waals surface area contributed by atoms with E-state index in [2.05, 4.69) is 5.32 Å². The maximum atomic E-state index is 11.6. The summed E-state index contributed by atoms with van der Waals surface area (Å²) in [4.78, 5) is 11.6. The lowest BCUT2D eigenvalue weighted by Crippen LogP contribution is -2.42. The fourth-order valence-corrected chi connectivity index (χ4v) is 1.08. The summed E-state index contributed by atoms with van der Waals surface area (Å²) in [5.74, 6) is 0.0386. The normalized spacial score (nSPS) is 11.5. The minimum Gasteiger partial charge on any atom is -0.385 e. The van der Waals surface area contributed by atoms with E-state index in [1.165, 1.54) is 0 Å². The zero-order valence-electron chi connectivity index (χ0n) is 10.1. The van der Waals surface area contributed by atoms with Gasteiger partial charge in [-0.25, -0.2) is 0 Å². The Kier molecular flexibility index (Phi) is 7.34. The van der Waals surface area contributed by atoms with Crippen molar-refractivity contribution in [1.82, 2.24) is 5.32 Å². The van der Waals surface area contributed by atoms with Gasteiger partial charge in [-0.15, -0.1) is 0 Å². The third-order valence-corrected chi connectivity index (χ3v) is 2.44. The third kappa shape index (κ3) is 6.47. The van der Waals surface area contributed by atoms with Gasteiger partial charge in [0.25, 0.3) is 0 Å².